The highest BCUT2D eigenvalue weighted by Gasteiger charge is 2.17. The molecule has 0 unspecified atom stereocenters. The van der Waals surface area contributed by atoms with Crippen LogP contribution in [0.1, 0.15) is 35.7 Å². The van der Waals surface area contributed by atoms with Gasteiger partial charge in [0.25, 0.3) is 5.91 Å². The van der Waals surface area contributed by atoms with Crippen LogP contribution >= 0.6 is 0 Å². The van der Waals surface area contributed by atoms with E-state index in [1.807, 2.05) is 13.0 Å². The molecule has 1 aromatic rings. The highest BCUT2D eigenvalue weighted by molar-refractivity contribution is 5.96. The van der Waals surface area contributed by atoms with Crippen LogP contribution in [0.3, 0.4) is 0 Å². The van der Waals surface area contributed by atoms with E-state index >= 15 is 0 Å². The van der Waals surface area contributed by atoms with Crippen LogP contribution in [0, 0.1) is 11.3 Å². The summed E-state index contributed by atoms with van der Waals surface area (Å²) in [6, 6.07) is 8.40. The standard InChI is InChI=1S/C14H17N3O2/c1-2-3-7-17(10-13(16)18)14(19)12-6-4-5-11(8-12)9-15/h4-6,8H,2-3,7,10H2,1H3,(H2,16,18). The summed E-state index contributed by atoms with van der Waals surface area (Å²) in [5.41, 5.74) is 5.97. The Morgan fingerprint density at radius 1 is 1.42 bits per heavy atom. The Hall–Kier alpha value is -2.35. The number of primary amides is 1. The minimum Gasteiger partial charge on any atom is -0.368 e. The van der Waals surface area contributed by atoms with Crippen LogP contribution in [0.5, 0.6) is 0 Å². The lowest BCUT2D eigenvalue weighted by Crippen LogP contribution is -2.39. The molecule has 0 aliphatic carbocycles. The number of nitrogens with zero attached hydrogens (tertiary/aromatic N) is 2. The van der Waals surface area contributed by atoms with Crippen molar-refractivity contribution in [2.75, 3.05) is 13.1 Å². The number of carbonyl (C=O) groups is 2. The molecule has 0 aliphatic heterocycles. The molecule has 0 aromatic heterocycles. The van der Waals surface area contributed by atoms with Crippen molar-refractivity contribution in [1.29, 1.82) is 5.26 Å². The van der Waals surface area contributed by atoms with Crippen molar-refractivity contribution in [1.82, 2.24) is 4.90 Å². The van der Waals surface area contributed by atoms with E-state index in [1.54, 1.807) is 18.2 Å². The van der Waals surface area contributed by atoms with Gasteiger partial charge in [-0.05, 0) is 24.6 Å². The third-order valence-corrected chi connectivity index (χ3v) is 2.65. The van der Waals surface area contributed by atoms with Crippen molar-refractivity contribution in [2.24, 2.45) is 5.73 Å². The zero-order valence-corrected chi connectivity index (χ0v) is 10.9. The zero-order valence-electron chi connectivity index (χ0n) is 10.9. The van der Waals surface area contributed by atoms with Crippen molar-refractivity contribution in [3.63, 3.8) is 0 Å². The number of nitriles is 1. The molecule has 0 atom stereocenters. The fourth-order valence-corrected chi connectivity index (χ4v) is 1.69. The quantitative estimate of drug-likeness (QED) is 0.834. The molecule has 0 heterocycles. The number of unbranched alkanes of at least 4 members (excludes halogenated alkanes) is 1. The number of rotatable bonds is 6. The Bertz CT molecular complexity index is 506. The lowest BCUT2D eigenvalue weighted by Gasteiger charge is -2.21. The number of hydrogen-bond donors (Lipinski definition) is 1. The zero-order chi connectivity index (χ0) is 14.3. The van der Waals surface area contributed by atoms with Crippen LogP contribution < -0.4 is 5.73 Å². The molecule has 2 N–H and O–H groups in total. The molecular formula is C14H17N3O2. The van der Waals surface area contributed by atoms with Gasteiger partial charge in [0.2, 0.25) is 5.91 Å². The van der Waals surface area contributed by atoms with Crippen LogP contribution in [0.2, 0.25) is 0 Å². The summed E-state index contributed by atoms with van der Waals surface area (Å²) >= 11 is 0. The first-order chi connectivity index (χ1) is 9.08. The lowest BCUT2D eigenvalue weighted by molar-refractivity contribution is -0.118. The van der Waals surface area contributed by atoms with Gasteiger partial charge in [-0.1, -0.05) is 19.4 Å². The summed E-state index contributed by atoms with van der Waals surface area (Å²) in [4.78, 5) is 24.7. The maximum absolute atomic E-state index is 12.3. The maximum atomic E-state index is 12.3. The largest absolute Gasteiger partial charge is 0.368 e. The highest BCUT2D eigenvalue weighted by atomic mass is 16.2. The second-order valence-electron chi connectivity index (χ2n) is 4.24. The number of hydrogen-bond acceptors (Lipinski definition) is 3. The molecule has 0 saturated carbocycles. The summed E-state index contributed by atoms with van der Waals surface area (Å²) < 4.78 is 0. The molecule has 2 amide bonds. The van der Waals surface area contributed by atoms with E-state index in [0.717, 1.165) is 12.8 Å². The van der Waals surface area contributed by atoms with E-state index in [0.29, 0.717) is 17.7 Å². The Labute approximate surface area is 112 Å². The van der Waals surface area contributed by atoms with Gasteiger partial charge < -0.3 is 10.6 Å². The first-order valence-electron chi connectivity index (χ1n) is 6.16. The number of carbonyl (C=O) groups excluding carboxylic acids is 2. The molecule has 5 heteroatoms. The fourth-order valence-electron chi connectivity index (χ4n) is 1.69. The van der Waals surface area contributed by atoms with E-state index in [1.165, 1.54) is 11.0 Å². The third-order valence-electron chi connectivity index (χ3n) is 2.65. The van der Waals surface area contributed by atoms with E-state index in [4.69, 9.17) is 11.0 Å². The Kier molecular flexibility index (Phi) is 5.55. The van der Waals surface area contributed by atoms with Gasteiger partial charge >= 0.3 is 0 Å². The Balaban J connectivity index is 2.90. The average Bonchev–Trinajstić information content (AvgIpc) is 2.42. The highest BCUT2D eigenvalue weighted by Crippen LogP contribution is 2.09. The van der Waals surface area contributed by atoms with Gasteiger partial charge in [-0.25, -0.2) is 0 Å². The predicted octanol–water partition coefficient (Wildman–Crippen LogP) is 1.29. The average molecular weight is 259 g/mol. The smallest absolute Gasteiger partial charge is 0.254 e. The first kappa shape index (κ1) is 14.7. The van der Waals surface area contributed by atoms with Crippen LogP contribution in [-0.4, -0.2) is 29.8 Å². The molecule has 0 aliphatic rings. The van der Waals surface area contributed by atoms with Gasteiger partial charge in [-0.15, -0.1) is 0 Å². The van der Waals surface area contributed by atoms with Crippen molar-refractivity contribution in [3.8, 4) is 6.07 Å². The van der Waals surface area contributed by atoms with Gasteiger partial charge in [0.05, 0.1) is 18.2 Å². The molecule has 0 saturated heterocycles. The minimum atomic E-state index is -0.541. The first-order valence-corrected chi connectivity index (χ1v) is 6.16. The summed E-state index contributed by atoms with van der Waals surface area (Å²) in [7, 11) is 0. The van der Waals surface area contributed by atoms with Gasteiger partial charge in [0.1, 0.15) is 0 Å². The summed E-state index contributed by atoms with van der Waals surface area (Å²) in [6.07, 6.45) is 1.72. The number of nitrogens with two attached hydrogens (primary N) is 1. The number of amides is 2. The van der Waals surface area contributed by atoms with E-state index in [-0.39, 0.29) is 12.5 Å². The minimum absolute atomic E-state index is 0.102. The Morgan fingerprint density at radius 2 is 2.16 bits per heavy atom. The van der Waals surface area contributed by atoms with Crippen LogP contribution in [-0.2, 0) is 4.79 Å². The number of benzene rings is 1. The summed E-state index contributed by atoms with van der Waals surface area (Å²) in [6.45, 7) is 2.38. The monoisotopic (exact) mass is 259 g/mol. The van der Waals surface area contributed by atoms with Gasteiger partial charge in [0.15, 0.2) is 0 Å². The van der Waals surface area contributed by atoms with Crippen molar-refractivity contribution >= 4 is 11.8 Å². The summed E-state index contributed by atoms with van der Waals surface area (Å²) in [5, 5.41) is 8.82. The normalized spacial score (nSPS) is 9.68. The van der Waals surface area contributed by atoms with Crippen molar-refractivity contribution in [3.05, 3.63) is 35.4 Å². The van der Waals surface area contributed by atoms with Crippen LogP contribution in [0.15, 0.2) is 24.3 Å². The molecule has 100 valence electrons. The SMILES string of the molecule is CCCCN(CC(N)=O)C(=O)c1cccc(C#N)c1. The Morgan fingerprint density at radius 3 is 2.74 bits per heavy atom. The molecule has 1 aromatic carbocycles. The second-order valence-corrected chi connectivity index (χ2v) is 4.24. The fraction of sp³-hybridized carbons (Fsp3) is 0.357. The van der Waals surface area contributed by atoms with E-state index in [2.05, 4.69) is 0 Å². The van der Waals surface area contributed by atoms with Crippen LogP contribution in [0.25, 0.3) is 0 Å². The molecule has 0 fully saturated rings. The summed E-state index contributed by atoms with van der Waals surface area (Å²) in [5.74, 6) is -0.815. The molecule has 0 radical (unpaired) electrons. The molecule has 19 heavy (non-hydrogen) atoms. The third kappa shape index (κ3) is 4.43. The lowest BCUT2D eigenvalue weighted by atomic mass is 10.1. The predicted molar refractivity (Wildman–Crippen MR) is 71.2 cm³/mol. The van der Waals surface area contributed by atoms with Gasteiger partial charge in [0, 0.05) is 12.1 Å². The van der Waals surface area contributed by atoms with E-state index in [9.17, 15) is 9.59 Å². The van der Waals surface area contributed by atoms with Gasteiger partial charge in [-0.2, -0.15) is 5.26 Å². The molecule has 0 spiro atoms. The van der Waals surface area contributed by atoms with Crippen molar-refractivity contribution in [2.45, 2.75) is 19.8 Å². The maximum Gasteiger partial charge on any atom is 0.254 e. The van der Waals surface area contributed by atoms with E-state index < -0.39 is 5.91 Å². The molecule has 5 nitrogen and oxygen atoms in total. The van der Waals surface area contributed by atoms with Gasteiger partial charge in [-0.3, -0.25) is 9.59 Å². The van der Waals surface area contributed by atoms with Crippen LogP contribution in [0.4, 0.5) is 0 Å². The second kappa shape index (κ2) is 7.17. The van der Waals surface area contributed by atoms with Crippen molar-refractivity contribution < 1.29 is 9.59 Å². The molecular weight excluding hydrogens is 242 g/mol. The molecule has 1 rings (SSSR count). The topological polar surface area (TPSA) is 87.2 Å². The molecule has 0 bridgehead atoms.